The number of nitrogens with zero attached hydrogens (tertiary/aromatic N) is 1. The number of hydrogen-bond acceptors (Lipinski definition) is 4. The van der Waals surface area contributed by atoms with E-state index in [4.69, 9.17) is 16.3 Å². The molecule has 0 spiro atoms. The Morgan fingerprint density at radius 1 is 1.03 bits per heavy atom. The number of halogens is 1. The maximum absolute atomic E-state index is 12.9. The van der Waals surface area contributed by atoms with Crippen LogP contribution in [0.4, 0.5) is 5.69 Å². The first-order chi connectivity index (χ1) is 15.9. The zero-order valence-corrected chi connectivity index (χ0v) is 19.6. The lowest BCUT2D eigenvalue weighted by Gasteiger charge is -2.33. The fraction of sp³-hybridized carbons (Fsp3) is 0.400. The molecule has 0 atom stereocenters. The first kappa shape index (κ1) is 24.6. The Morgan fingerprint density at radius 2 is 1.76 bits per heavy atom. The van der Waals surface area contributed by atoms with E-state index in [9.17, 15) is 14.4 Å². The van der Waals surface area contributed by atoms with Crippen LogP contribution < -0.4 is 15.4 Å². The van der Waals surface area contributed by atoms with Crippen LogP contribution in [0, 0.1) is 6.92 Å². The Hall–Kier alpha value is -3.06. The topological polar surface area (TPSA) is 87.7 Å². The van der Waals surface area contributed by atoms with Gasteiger partial charge in [0.05, 0.1) is 13.1 Å². The largest absolute Gasteiger partial charge is 0.484 e. The van der Waals surface area contributed by atoms with E-state index in [2.05, 4.69) is 10.6 Å². The minimum atomic E-state index is -0.375. The summed E-state index contributed by atoms with van der Waals surface area (Å²) in [5.41, 5.74) is 1.70. The highest BCUT2D eigenvalue weighted by atomic mass is 35.5. The smallest absolute Gasteiger partial charge is 0.261 e. The molecule has 3 amide bonds. The minimum Gasteiger partial charge on any atom is -0.484 e. The van der Waals surface area contributed by atoms with Gasteiger partial charge in [-0.1, -0.05) is 43.0 Å². The molecular weight excluding hydrogens is 442 g/mol. The van der Waals surface area contributed by atoms with E-state index < -0.39 is 0 Å². The van der Waals surface area contributed by atoms with Crippen LogP contribution in [-0.4, -0.2) is 48.4 Å². The molecule has 0 saturated heterocycles. The Labute approximate surface area is 199 Å². The molecule has 0 aromatic heterocycles. The predicted molar refractivity (Wildman–Crippen MR) is 128 cm³/mol. The summed E-state index contributed by atoms with van der Waals surface area (Å²) < 4.78 is 5.60. The fourth-order valence-electron chi connectivity index (χ4n) is 3.89. The van der Waals surface area contributed by atoms with Gasteiger partial charge in [0, 0.05) is 16.8 Å². The maximum atomic E-state index is 12.9. The van der Waals surface area contributed by atoms with Gasteiger partial charge in [-0.15, -0.1) is 0 Å². The molecule has 1 fully saturated rings. The van der Waals surface area contributed by atoms with Gasteiger partial charge in [0.2, 0.25) is 11.8 Å². The normalized spacial score (nSPS) is 13.8. The molecule has 1 aliphatic rings. The van der Waals surface area contributed by atoms with E-state index in [0.717, 1.165) is 37.7 Å². The van der Waals surface area contributed by atoms with Crippen molar-refractivity contribution in [3.05, 3.63) is 59.1 Å². The molecule has 176 valence electrons. The standard InChI is InChI=1S/C25H30ClN3O4/c1-18-6-5-7-20(14-18)28-23(30)15-27-24(31)16-29(21-8-3-2-4-9-21)25(32)17-33-22-12-10-19(26)11-13-22/h5-7,10-14,21H,2-4,8-9,15-17H2,1H3,(H,27,31)(H,28,30). The number of rotatable bonds is 9. The number of carbonyl (C=O) groups is 3. The van der Waals surface area contributed by atoms with E-state index in [0.29, 0.717) is 16.5 Å². The molecule has 7 nitrogen and oxygen atoms in total. The lowest BCUT2D eigenvalue weighted by molar-refractivity contribution is -0.140. The maximum Gasteiger partial charge on any atom is 0.261 e. The lowest BCUT2D eigenvalue weighted by atomic mass is 9.94. The third-order valence-electron chi connectivity index (χ3n) is 5.57. The van der Waals surface area contributed by atoms with E-state index in [1.807, 2.05) is 25.1 Å². The summed E-state index contributed by atoms with van der Waals surface area (Å²) in [5.74, 6) is -0.416. The zero-order chi connectivity index (χ0) is 23.6. The third kappa shape index (κ3) is 8.09. The summed E-state index contributed by atoms with van der Waals surface area (Å²) in [7, 11) is 0. The molecule has 2 N–H and O–H groups in total. The van der Waals surface area contributed by atoms with Gasteiger partial charge in [-0.25, -0.2) is 0 Å². The highest BCUT2D eigenvalue weighted by molar-refractivity contribution is 6.30. The highest BCUT2D eigenvalue weighted by Crippen LogP contribution is 2.23. The molecule has 8 heteroatoms. The van der Waals surface area contributed by atoms with Crippen molar-refractivity contribution in [1.82, 2.24) is 10.2 Å². The Balaban J connectivity index is 1.53. The van der Waals surface area contributed by atoms with Crippen molar-refractivity contribution >= 4 is 35.0 Å². The summed E-state index contributed by atoms with van der Waals surface area (Å²) >= 11 is 5.88. The van der Waals surface area contributed by atoms with Crippen molar-refractivity contribution in [3.63, 3.8) is 0 Å². The molecule has 0 bridgehead atoms. The highest BCUT2D eigenvalue weighted by Gasteiger charge is 2.27. The van der Waals surface area contributed by atoms with E-state index in [-0.39, 0.29) is 43.5 Å². The quantitative estimate of drug-likeness (QED) is 0.579. The van der Waals surface area contributed by atoms with Crippen molar-refractivity contribution in [2.24, 2.45) is 0 Å². The van der Waals surface area contributed by atoms with Gasteiger partial charge in [-0.3, -0.25) is 14.4 Å². The van der Waals surface area contributed by atoms with Crippen LogP contribution in [0.15, 0.2) is 48.5 Å². The van der Waals surface area contributed by atoms with Gasteiger partial charge >= 0.3 is 0 Å². The van der Waals surface area contributed by atoms with Crippen molar-refractivity contribution < 1.29 is 19.1 Å². The predicted octanol–water partition coefficient (Wildman–Crippen LogP) is 3.94. The minimum absolute atomic E-state index is 0.00746. The van der Waals surface area contributed by atoms with Gasteiger partial charge in [-0.05, 0) is 61.7 Å². The summed E-state index contributed by atoms with van der Waals surface area (Å²) in [6.45, 7) is 1.50. The summed E-state index contributed by atoms with van der Waals surface area (Å²) in [6, 6.07) is 14.2. The number of amides is 3. The van der Waals surface area contributed by atoms with Gasteiger partial charge in [0.25, 0.3) is 5.91 Å². The fourth-order valence-corrected chi connectivity index (χ4v) is 4.02. The Morgan fingerprint density at radius 3 is 2.45 bits per heavy atom. The van der Waals surface area contributed by atoms with Crippen LogP contribution in [0.3, 0.4) is 0 Å². The Bertz CT molecular complexity index is 958. The third-order valence-corrected chi connectivity index (χ3v) is 5.83. The molecule has 33 heavy (non-hydrogen) atoms. The molecule has 2 aromatic carbocycles. The van der Waals surface area contributed by atoms with Crippen LogP contribution in [-0.2, 0) is 14.4 Å². The van der Waals surface area contributed by atoms with Crippen LogP contribution >= 0.6 is 11.6 Å². The molecule has 3 rings (SSSR count). The zero-order valence-electron chi connectivity index (χ0n) is 18.8. The van der Waals surface area contributed by atoms with Gasteiger partial charge < -0.3 is 20.3 Å². The first-order valence-corrected chi connectivity index (χ1v) is 11.6. The van der Waals surface area contributed by atoms with Gasteiger partial charge in [0.15, 0.2) is 6.61 Å². The van der Waals surface area contributed by atoms with Crippen LogP contribution in [0.2, 0.25) is 5.02 Å². The molecular formula is C25H30ClN3O4. The van der Waals surface area contributed by atoms with E-state index in [1.54, 1.807) is 35.2 Å². The van der Waals surface area contributed by atoms with Crippen LogP contribution in [0.5, 0.6) is 5.75 Å². The summed E-state index contributed by atoms with van der Waals surface area (Å²) in [6.07, 6.45) is 4.88. The number of ether oxygens (including phenoxy) is 1. The van der Waals surface area contributed by atoms with Crippen molar-refractivity contribution in [3.8, 4) is 5.75 Å². The molecule has 0 aliphatic heterocycles. The molecule has 0 heterocycles. The number of carbonyl (C=O) groups excluding carboxylic acids is 3. The van der Waals surface area contributed by atoms with Crippen LogP contribution in [0.25, 0.3) is 0 Å². The second-order valence-corrected chi connectivity index (χ2v) is 8.69. The van der Waals surface area contributed by atoms with Crippen molar-refractivity contribution in [2.45, 2.75) is 45.1 Å². The molecule has 0 radical (unpaired) electrons. The van der Waals surface area contributed by atoms with Crippen LogP contribution in [0.1, 0.15) is 37.7 Å². The van der Waals surface area contributed by atoms with Gasteiger partial charge in [0.1, 0.15) is 5.75 Å². The first-order valence-electron chi connectivity index (χ1n) is 11.2. The Kier molecular flexibility index (Phi) is 9.13. The van der Waals surface area contributed by atoms with E-state index >= 15 is 0 Å². The SMILES string of the molecule is Cc1cccc(NC(=O)CNC(=O)CN(C(=O)COc2ccc(Cl)cc2)C2CCCCC2)c1. The number of anilines is 1. The molecule has 1 aliphatic carbocycles. The monoisotopic (exact) mass is 471 g/mol. The average Bonchev–Trinajstić information content (AvgIpc) is 2.81. The van der Waals surface area contributed by atoms with E-state index in [1.165, 1.54) is 0 Å². The van der Waals surface area contributed by atoms with Crippen molar-refractivity contribution in [2.75, 3.05) is 25.0 Å². The molecule has 2 aromatic rings. The summed E-state index contributed by atoms with van der Waals surface area (Å²) in [5, 5.41) is 5.96. The summed E-state index contributed by atoms with van der Waals surface area (Å²) in [4.78, 5) is 39.3. The van der Waals surface area contributed by atoms with Gasteiger partial charge in [-0.2, -0.15) is 0 Å². The number of aryl methyl sites for hydroxylation is 1. The second kappa shape index (κ2) is 12.3. The number of nitrogens with one attached hydrogen (secondary N) is 2. The average molecular weight is 472 g/mol. The second-order valence-electron chi connectivity index (χ2n) is 8.25. The number of benzene rings is 2. The molecule has 0 unspecified atom stereocenters. The number of hydrogen-bond donors (Lipinski definition) is 2. The lowest BCUT2D eigenvalue weighted by Crippen LogP contribution is -2.49. The molecule has 1 saturated carbocycles. The van der Waals surface area contributed by atoms with Crippen molar-refractivity contribution in [1.29, 1.82) is 0 Å².